The first-order valence-electron chi connectivity index (χ1n) is 30.6. The third kappa shape index (κ3) is 52.1. The van der Waals surface area contributed by atoms with Gasteiger partial charge in [0, 0.05) is 6.42 Å². The van der Waals surface area contributed by atoms with E-state index in [2.05, 4.69) is 31.3 Å². The van der Waals surface area contributed by atoms with E-state index >= 15 is 0 Å². The Balaban J connectivity index is 3.99. The Hall–Kier alpha value is -0.800. The summed E-state index contributed by atoms with van der Waals surface area (Å²) >= 11 is 0. The Kier molecular flexibility index (Phi) is 51.1. The van der Waals surface area contributed by atoms with Gasteiger partial charge in [0.25, 0.3) is 7.82 Å². The molecule has 70 heavy (non-hydrogen) atoms. The van der Waals surface area contributed by atoms with Crippen molar-refractivity contribution in [1.29, 1.82) is 0 Å². The highest BCUT2D eigenvalue weighted by Crippen LogP contribution is 2.38. The summed E-state index contributed by atoms with van der Waals surface area (Å²) in [6.07, 6.45) is 60.3. The van der Waals surface area contributed by atoms with E-state index < -0.39 is 32.7 Å². The molecule has 9 nitrogen and oxygen atoms in total. The lowest BCUT2D eigenvalue weighted by atomic mass is 10.0. The molecule has 0 aliphatic carbocycles. The molecular weight excluding hydrogens is 892 g/mol. The quantitative estimate of drug-likeness (QED) is 0.0240. The van der Waals surface area contributed by atoms with E-state index in [4.69, 9.17) is 9.05 Å². The molecule has 4 atom stereocenters. The Morgan fingerprint density at radius 3 is 1.16 bits per heavy atom. The molecule has 3 N–H and O–H groups in total. The fraction of sp³-hybridized carbons (Fsp3) is 0.950. The number of hydrogen-bond donors (Lipinski definition) is 3. The van der Waals surface area contributed by atoms with E-state index in [1.807, 2.05) is 21.1 Å². The molecule has 10 heteroatoms. The number of hydrogen-bond acceptors (Lipinski definition) is 7. The van der Waals surface area contributed by atoms with Gasteiger partial charge in [0.2, 0.25) is 5.91 Å². The molecule has 0 aliphatic heterocycles. The molecule has 0 saturated carbocycles. The number of quaternary nitrogens is 1. The van der Waals surface area contributed by atoms with Gasteiger partial charge in [-0.3, -0.25) is 9.36 Å². The Morgan fingerprint density at radius 1 is 0.500 bits per heavy atom. The molecule has 0 rings (SSSR count). The second kappa shape index (κ2) is 51.7. The second-order valence-corrected chi connectivity index (χ2v) is 24.0. The molecular formula is C60H121N2O7P. The van der Waals surface area contributed by atoms with Crippen LogP contribution in [-0.2, 0) is 18.4 Å². The lowest BCUT2D eigenvalue weighted by Gasteiger charge is -2.31. The zero-order chi connectivity index (χ0) is 51.5. The number of likely N-dealkylation sites (N-methyl/N-ethyl adjacent to an activating group) is 1. The number of nitrogens with zero attached hydrogens (tertiary/aromatic N) is 1. The predicted octanol–water partition coefficient (Wildman–Crippen LogP) is 16.9. The smallest absolute Gasteiger partial charge is 0.268 e. The van der Waals surface area contributed by atoms with E-state index in [0.717, 1.165) is 32.1 Å². The second-order valence-electron chi connectivity index (χ2n) is 22.6. The summed E-state index contributed by atoms with van der Waals surface area (Å²) in [7, 11) is 1.12. The number of phosphoric ester groups is 1. The van der Waals surface area contributed by atoms with Gasteiger partial charge in [0.05, 0.1) is 39.9 Å². The monoisotopic (exact) mass is 1010 g/mol. The molecule has 418 valence electrons. The van der Waals surface area contributed by atoms with Crippen molar-refractivity contribution in [2.24, 2.45) is 0 Å². The number of unbranched alkanes of at least 4 members (excludes halogenated alkanes) is 41. The van der Waals surface area contributed by atoms with E-state index in [0.29, 0.717) is 23.9 Å². The topological polar surface area (TPSA) is 128 Å². The molecule has 0 aromatic carbocycles. The molecule has 0 aromatic heterocycles. The van der Waals surface area contributed by atoms with Crippen molar-refractivity contribution in [2.45, 2.75) is 327 Å². The van der Waals surface area contributed by atoms with Crippen LogP contribution in [0.3, 0.4) is 0 Å². The highest BCUT2D eigenvalue weighted by atomic mass is 31.2. The Bertz CT molecular complexity index is 1170. The number of aliphatic hydroxyl groups is 2. The highest BCUT2D eigenvalue weighted by Gasteiger charge is 2.29. The maximum Gasteiger partial charge on any atom is 0.268 e. The lowest BCUT2D eigenvalue weighted by Crippen LogP contribution is -2.51. The van der Waals surface area contributed by atoms with Gasteiger partial charge in [0.15, 0.2) is 0 Å². The number of rotatable bonds is 57. The molecule has 0 aliphatic rings. The van der Waals surface area contributed by atoms with E-state index in [1.54, 1.807) is 0 Å². The number of allylic oxidation sites excluding steroid dienone is 2. The summed E-state index contributed by atoms with van der Waals surface area (Å²) in [6, 6.07) is -1.09. The number of nitrogens with one attached hydrogen (secondary N) is 1. The summed E-state index contributed by atoms with van der Waals surface area (Å²) in [6.45, 7) is 4.45. The minimum absolute atomic E-state index is 0.0430. The van der Waals surface area contributed by atoms with Crippen molar-refractivity contribution in [3.05, 3.63) is 12.2 Å². The third-order valence-corrected chi connectivity index (χ3v) is 15.3. The molecule has 4 unspecified atom stereocenters. The van der Waals surface area contributed by atoms with Gasteiger partial charge in [-0.25, -0.2) is 0 Å². The molecule has 0 heterocycles. The molecule has 0 fully saturated rings. The molecule has 1 amide bonds. The first-order chi connectivity index (χ1) is 33.9. The van der Waals surface area contributed by atoms with Crippen molar-refractivity contribution < 1.29 is 38.0 Å². The van der Waals surface area contributed by atoms with Gasteiger partial charge in [-0.05, 0) is 38.5 Å². The van der Waals surface area contributed by atoms with Crippen LogP contribution in [0.4, 0.5) is 0 Å². The first-order valence-corrected chi connectivity index (χ1v) is 32.1. The molecule has 0 bridgehead atoms. The molecule has 0 aromatic rings. The summed E-state index contributed by atoms with van der Waals surface area (Å²) in [5.74, 6) is -0.282. The van der Waals surface area contributed by atoms with Crippen molar-refractivity contribution in [3.63, 3.8) is 0 Å². The number of carbonyl (C=O) groups excluding carboxylic acids is 1. The average Bonchev–Trinajstić information content (AvgIpc) is 3.32. The van der Waals surface area contributed by atoms with Crippen molar-refractivity contribution in [3.8, 4) is 0 Å². The van der Waals surface area contributed by atoms with Gasteiger partial charge in [-0.2, -0.15) is 0 Å². The zero-order valence-corrected chi connectivity index (χ0v) is 48.3. The number of amides is 1. The molecule has 0 saturated heterocycles. The molecule has 0 radical (unpaired) electrons. The summed E-state index contributed by atoms with van der Waals surface area (Å²) in [5.41, 5.74) is 0. The maximum absolute atomic E-state index is 13.0. The summed E-state index contributed by atoms with van der Waals surface area (Å²) < 4.78 is 23.2. The fourth-order valence-electron chi connectivity index (χ4n) is 9.49. The van der Waals surface area contributed by atoms with Crippen LogP contribution in [-0.4, -0.2) is 79.8 Å². The van der Waals surface area contributed by atoms with Gasteiger partial charge >= 0.3 is 0 Å². The Labute approximate surface area is 435 Å². The van der Waals surface area contributed by atoms with Crippen LogP contribution in [0.1, 0.15) is 309 Å². The van der Waals surface area contributed by atoms with E-state index in [-0.39, 0.29) is 18.9 Å². The standard InChI is InChI=1S/C60H121N2O7P/c1-6-8-10-12-14-16-18-20-21-22-23-24-25-26-27-28-29-30-31-32-33-34-35-36-37-38-39-40-41-43-45-47-49-51-53-59(64)61-57(56-69-70(66,67)68-55-54-62(3,4)5)60(65)58(63)52-50-48-46-44-42-19-17-15-13-11-9-7-2/h44,46,57-58,60,63,65H,6-43,45,47-56H2,1-5H3,(H-,61,64,66,67)/b46-44+. The number of carbonyl (C=O) groups is 1. The highest BCUT2D eigenvalue weighted by molar-refractivity contribution is 7.45. The largest absolute Gasteiger partial charge is 0.756 e. The fourth-order valence-corrected chi connectivity index (χ4v) is 10.2. The Morgan fingerprint density at radius 2 is 0.814 bits per heavy atom. The van der Waals surface area contributed by atoms with Crippen LogP contribution < -0.4 is 10.2 Å². The SMILES string of the molecule is CCCCCCCCC/C=C/CCCC(O)C(O)C(COP(=O)([O-])OCC[N+](C)(C)C)NC(=O)CCCCCCCCCCCCCCCCCCCCCCCCCCCCCCCCCCCC. The normalized spacial score (nSPS) is 14.3. The summed E-state index contributed by atoms with van der Waals surface area (Å²) in [4.78, 5) is 25.5. The third-order valence-electron chi connectivity index (χ3n) is 14.3. The van der Waals surface area contributed by atoms with Gasteiger partial charge in [0.1, 0.15) is 19.3 Å². The van der Waals surface area contributed by atoms with Crippen molar-refractivity contribution in [1.82, 2.24) is 5.32 Å². The molecule has 0 spiro atoms. The van der Waals surface area contributed by atoms with Crippen LogP contribution in [0.25, 0.3) is 0 Å². The minimum Gasteiger partial charge on any atom is -0.756 e. The average molecular weight is 1010 g/mol. The van der Waals surface area contributed by atoms with Crippen molar-refractivity contribution >= 4 is 13.7 Å². The number of phosphoric acid groups is 1. The van der Waals surface area contributed by atoms with Crippen molar-refractivity contribution in [2.75, 3.05) is 40.9 Å². The van der Waals surface area contributed by atoms with E-state index in [9.17, 15) is 24.5 Å². The maximum atomic E-state index is 13.0. The van der Waals surface area contributed by atoms with Gasteiger partial charge in [-0.1, -0.05) is 276 Å². The van der Waals surface area contributed by atoms with Crippen LogP contribution in [0.2, 0.25) is 0 Å². The van der Waals surface area contributed by atoms with Crippen LogP contribution in [0.5, 0.6) is 0 Å². The van der Waals surface area contributed by atoms with Gasteiger partial charge < -0.3 is 34.0 Å². The predicted molar refractivity (Wildman–Crippen MR) is 299 cm³/mol. The van der Waals surface area contributed by atoms with Crippen LogP contribution in [0.15, 0.2) is 12.2 Å². The first kappa shape index (κ1) is 69.2. The zero-order valence-electron chi connectivity index (χ0n) is 47.4. The summed E-state index contributed by atoms with van der Waals surface area (Å²) in [5, 5.41) is 24.7. The van der Waals surface area contributed by atoms with Crippen LogP contribution >= 0.6 is 7.82 Å². The van der Waals surface area contributed by atoms with E-state index in [1.165, 1.54) is 244 Å². The number of aliphatic hydroxyl groups excluding tert-OH is 2. The lowest BCUT2D eigenvalue weighted by molar-refractivity contribution is -0.870. The van der Waals surface area contributed by atoms with Crippen LogP contribution in [0, 0.1) is 0 Å². The minimum atomic E-state index is -4.67. The van der Waals surface area contributed by atoms with Gasteiger partial charge in [-0.15, -0.1) is 0 Å².